The first-order valence-electron chi connectivity index (χ1n) is 10.8. The third-order valence-electron chi connectivity index (χ3n) is 5.24. The Balaban J connectivity index is 2.08. The van der Waals surface area contributed by atoms with Gasteiger partial charge in [0.1, 0.15) is 22.7 Å². The van der Waals surface area contributed by atoms with Gasteiger partial charge in [-0.3, -0.25) is 9.59 Å². The quantitative estimate of drug-likeness (QED) is 0.126. The largest absolute Gasteiger partial charge is 0.508 e. The average Bonchev–Trinajstić information content (AvgIpc) is 2.86. The lowest BCUT2D eigenvalue weighted by molar-refractivity contribution is -0.150. The van der Waals surface area contributed by atoms with Crippen molar-refractivity contribution >= 4 is 23.9 Å². The predicted molar refractivity (Wildman–Crippen MR) is 132 cm³/mol. The van der Waals surface area contributed by atoms with E-state index in [0.717, 1.165) is 23.0 Å². The Morgan fingerprint density at radius 2 is 1.54 bits per heavy atom. The van der Waals surface area contributed by atoms with Gasteiger partial charge in [0.15, 0.2) is 5.78 Å². The Kier molecular flexibility index (Phi) is 9.96. The van der Waals surface area contributed by atoms with Crippen LogP contribution in [0.2, 0.25) is 0 Å². The van der Waals surface area contributed by atoms with Gasteiger partial charge in [0, 0.05) is 11.6 Å². The molecule has 0 saturated heterocycles. The number of hydrogen-bond acceptors (Lipinski definition) is 8. The van der Waals surface area contributed by atoms with Crippen molar-refractivity contribution in [3.05, 3.63) is 82.6 Å². The monoisotopic (exact) mass is 482 g/mol. The highest BCUT2D eigenvalue weighted by Gasteiger charge is 2.34. The number of rotatable bonds is 11. The van der Waals surface area contributed by atoms with Gasteiger partial charge in [0.25, 0.3) is 0 Å². The van der Waals surface area contributed by atoms with E-state index in [1.165, 1.54) is 37.3 Å². The van der Waals surface area contributed by atoms with Crippen LogP contribution in [0.5, 0.6) is 11.5 Å². The van der Waals surface area contributed by atoms with Crippen molar-refractivity contribution in [1.82, 2.24) is 0 Å². The van der Waals surface area contributed by atoms with Gasteiger partial charge in [-0.2, -0.15) is 0 Å². The number of carbonyl (C=O) groups is 2. The summed E-state index contributed by atoms with van der Waals surface area (Å²) >= 11 is 0. The van der Waals surface area contributed by atoms with E-state index < -0.39 is 37.0 Å². The number of ketones is 1. The molecule has 0 bridgehead atoms. The van der Waals surface area contributed by atoms with Gasteiger partial charge in [-0.15, -0.1) is 0 Å². The van der Waals surface area contributed by atoms with Crippen molar-refractivity contribution in [3.63, 3.8) is 0 Å². The molecule has 0 aromatic heterocycles. The molecule has 8 heteroatoms. The minimum atomic E-state index is -1.48. The Hall–Kier alpha value is -3.72. The lowest BCUT2D eigenvalue weighted by Gasteiger charge is -2.22. The summed E-state index contributed by atoms with van der Waals surface area (Å²) < 4.78 is 10.4. The van der Waals surface area contributed by atoms with Gasteiger partial charge in [-0.1, -0.05) is 24.3 Å². The number of carbonyl (C=O) groups excluding carboxylic acids is 2. The molecule has 0 aliphatic heterocycles. The fourth-order valence-corrected chi connectivity index (χ4v) is 2.94. The van der Waals surface area contributed by atoms with Gasteiger partial charge < -0.3 is 29.9 Å². The third-order valence-corrected chi connectivity index (χ3v) is 5.24. The van der Waals surface area contributed by atoms with Crippen LogP contribution in [0.4, 0.5) is 0 Å². The highest BCUT2D eigenvalue weighted by molar-refractivity contribution is 6.02. The molecule has 0 atom stereocenters. The number of aliphatic hydroxyl groups is 4. The molecule has 0 spiro atoms. The molecule has 186 valence electrons. The third kappa shape index (κ3) is 7.65. The zero-order chi connectivity index (χ0) is 26.0. The Morgan fingerprint density at radius 1 is 0.943 bits per heavy atom. The molecule has 8 nitrogen and oxygen atoms in total. The van der Waals surface area contributed by atoms with Gasteiger partial charge in [0.2, 0.25) is 0 Å². The molecular weight excluding hydrogens is 452 g/mol. The molecule has 0 unspecified atom stereocenters. The van der Waals surface area contributed by atoms with Crippen molar-refractivity contribution in [2.75, 3.05) is 20.3 Å². The van der Waals surface area contributed by atoms with E-state index in [0.29, 0.717) is 5.56 Å². The standard InChI is InChI=1S/C27H30O8/c1-18-12-19(6-10-24(18)34-3)4-8-22(31)14-23(32)9-5-20-7-11-25(21(13-20)15-28)35-26(33)27(2,16-29)17-30/h4-14,28-31H,15-17H2,1-3H3/b8-4+,9-5+,22-14-. The molecule has 0 radical (unpaired) electrons. The van der Waals surface area contributed by atoms with E-state index in [2.05, 4.69) is 0 Å². The summed E-state index contributed by atoms with van der Waals surface area (Å²) in [5.41, 5.74) is 1.12. The summed E-state index contributed by atoms with van der Waals surface area (Å²) in [4.78, 5) is 24.4. The zero-order valence-corrected chi connectivity index (χ0v) is 19.9. The Labute approximate surface area is 204 Å². The Morgan fingerprint density at radius 3 is 2.11 bits per heavy atom. The zero-order valence-electron chi connectivity index (χ0n) is 19.9. The SMILES string of the molecule is COc1ccc(/C=C/C(O)=C/C(=O)/C=C/c2ccc(OC(=O)C(C)(CO)CO)c(CO)c2)cc1C. The summed E-state index contributed by atoms with van der Waals surface area (Å²) in [5, 5.41) is 38.3. The molecule has 35 heavy (non-hydrogen) atoms. The first kappa shape index (κ1) is 27.5. The van der Waals surface area contributed by atoms with Crippen LogP contribution in [0, 0.1) is 12.3 Å². The van der Waals surface area contributed by atoms with Crippen LogP contribution in [-0.4, -0.2) is 52.5 Å². The second-order valence-corrected chi connectivity index (χ2v) is 8.16. The fraction of sp³-hybridized carbons (Fsp3) is 0.259. The molecule has 0 fully saturated rings. The summed E-state index contributed by atoms with van der Waals surface area (Å²) in [6.45, 7) is 1.61. The second-order valence-electron chi connectivity index (χ2n) is 8.16. The van der Waals surface area contributed by atoms with Crippen LogP contribution < -0.4 is 9.47 Å². The lowest BCUT2D eigenvalue weighted by atomic mass is 9.93. The number of aliphatic hydroxyl groups excluding tert-OH is 4. The molecule has 4 N–H and O–H groups in total. The predicted octanol–water partition coefficient (Wildman–Crippen LogP) is 3.13. The molecular formula is C27H30O8. The van der Waals surface area contributed by atoms with E-state index in [9.17, 15) is 30.0 Å². The number of benzene rings is 2. The summed E-state index contributed by atoms with van der Waals surface area (Å²) in [6.07, 6.45) is 6.88. The number of allylic oxidation sites excluding steroid dienone is 3. The van der Waals surface area contributed by atoms with E-state index >= 15 is 0 Å². The fourth-order valence-electron chi connectivity index (χ4n) is 2.94. The van der Waals surface area contributed by atoms with Gasteiger partial charge >= 0.3 is 5.97 Å². The van der Waals surface area contributed by atoms with E-state index in [-0.39, 0.29) is 17.1 Å². The minimum absolute atomic E-state index is 0.0746. The van der Waals surface area contributed by atoms with Crippen molar-refractivity contribution in [2.24, 2.45) is 5.41 Å². The normalized spacial score (nSPS) is 12.3. The average molecular weight is 483 g/mol. The number of hydrogen-bond donors (Lipinski definition) is 4. The van der Waals surface area contributed by atoms with Crippen molar-refractivity contribution in [2.45, 2.75) is 20.5 Å². The van der Waals surface area contributed by atoms with Gasteiger partial charge in [-0.25, -0.2) is 0 Å². The minimum Gasteiger partial charge on any atom is -0.508 e. The number of ether oxygens (including phenoxy) is 2. The van der Waals surface area contributed by atoms with Crippen LogP contribution in [0.15, 0.2) is 60.4 Å². The smallest absolute Gasteiger partial charge is 0.321 e. The molecule has 2 rings (SSSR count). The van der Waals surface area contributed by atoms with Crippen LogP contribution >= 0.6 is 0 Å². The second kappa shape index (κ2) is 12.7. The van der Waals surface area contributed by atoms with E-state index in [1.54, 1.807) is 19.3 Å². The van der Waals surface area contributed by atoms with Crippen LogP contribution in [0.25, 0.3) is 12.2 Å². The van der Waals surface area contributed by atoms with Crippen molar-refractivity contribution in [1.29, 1.82) is 0 Å². The summed E-state index contributed by atoms with van der Waals surface area (Å²) in [5.74, 6) is -0.686. The maximum Gasteiger partial charge on any atom is 0.321 e. The molecule has 0 saturated carbocycles. The molecule has 0 aliphatic carbocycles. The maximum absolute atomic E-state index is 12.2. The molecule has 2 aromatic carbocycles. The number of aryl methyl sites for hydroxylation is 1. The highest BCUT2D eigenvalue weighted by Crippen LogP contribution is 2.25. The summed E-state index contributed by atoms with van der Waals surface area (Å²) in [6, 6.07) is 10.1. The molecule has 2 aromatic rings. The van der Waals surface area contributed by atoms with Crippen molar-refractivity contribution < 1.29 is 39.5 Å². The molecule has 0 aliphatic rings. The topological polar surface area (TPSA) is 134 Å². The van der Waals surface area contributed by atoms with Crippen molar-refractivity contribution in [3.8, 4) is 11.5 Å². The van der Waals surface area contributed by atoms with Crippen LogP contribution in [0.3, 0.4) is 0 Å². The number of esters is 1. The Bertz CT molecular complexity index is 1140. The van der Waals surface area contributed by atoms with E-state index in [1.807, 2.05) is 25.1 Å². The molecule has 0 heterocycles. The van der Waals surface area contributed by atoms with Crippen LogP contribution in [0.1, 0.15) is 29.2 Å². The lowest BCUT2D eigenvalue weighted by Crippen LogP contribution is -2.38. The number of methoxy groups -OCH3 is 1. The van der Waals surface area contributed by atoms with Gasteiger partial charge in [-0.05, 0) is 67.0 Å². The first-order chi connectivity index (χ1) is 16.6. The van der Waals surface area contributed by atoms with Gasteiger partial charge in [0.05, 0.1) is 26.9 Å². The first-order valence-corrected chi connectivity index (χ1v) is 10.8. The van der Waals surface area contributed by atoms with E-state index in [4.69, 9.17) is 9.47 Å². The molecule has 0 amide bonds. The highest BCUT2D eigenvalue weighted by atomic mass is 16.5. The summed E-state index contributed by atoms with van der Waals surface area (Å²) in [7, 11) is 1.59. The maximum atomic E-state index is 12.2. The van der Waals surface area contributed by atoms with Crippen LogP contribution in [-0.2, 0) is 16.2 Å².